The number of rotatable bonds is 8. The molecule has 2 N–H and O–H groups in total. The summed E-state index contributed by atoms with van der Waals surface area (Å²) in [5, 5.41) is 12.4. The van der Waals surface area contributed by atoms with E-state index in [0.29, 0.717) is 12.2 Å². The highest BCUT2D eigenvalue weighted by molar-refractivity contribution is 5.89. The van der Waals surface area contributed by atoms with E-state index in [9.17, 15) is 19.1 Å². The maximum Gasteiger partial charge on any atom is 0.330 e. The molecule has 144 valence electrons. The summed E-state index contributed by atoms with van der Waals surface area (Å²) in [4.78, 5) is 24.2. The number of aryl methyl sites for hydroxylation is 1. The normalized spacial score (nSPS) is 23.8. The molecule has 0 heterocycles. The first-order valence-corrected chi connectivity index (χ1v) is 8.67. The van der Waals surface area contributed by atoms with Gasteiger partial charge in [-0.2, -0.15) is 0 Å². The molecule has 1 saturated carbocycles. The number of halogens is 1. The zero-order valence-corrected chi connectivity index (χ0v) is 15.6. The van der Waals surface area contributed by atoms with Crippen LogP contribution in [0.1, 0.15) is 39.2 Å². The van der Waals surface area contributed by atoms with Crippen LogP contribution in [0.25, 0.3) is 0 Å². The van der Waals surface area contributed by atoms with Gasteiger partial charge in [0.2, 0.25) is 5.91 Å². The Labute approximate surface area is 152 Å². The van der Waals surface area contributed by atoms with Gasteiger partial charge in [0.1, 0.15) is 5.54 Å². The largest absolute Gasteiger partial charge is 0.494 e. The first-order chi connectivity index (χ1) is 12.2. The van der Waals surface area contributed by atoms with Gasteiger partial charge in [-0.1, -0.05) is 26.0 Å². The van der Waals surface area contributed by atoms with Crippen LogP contribution in [0.15, 0.2) is 18.2 Å². The first kappa shape index (κ1) is 20.2. The molecule has 1 aromatic carbocycles. The van der Waals surface area contributed by atoms with Crippen molar-refractivity contribution in [3.8, 4) is 5.75 Å². The monoisotopic (exact) mass is 367 g/mol. The number of carbonyl (C=O) groups excluding carboxylic acids is 1. The molecule has 0 saturated heterocycles. The van der Waals surface area contributed by atoms with E-state index in [1.807, 2.05) is 6.92 Å². The van der Waals surface area contributed by atoms with Crippen LogP contribution in [-0.2, 0) is 20.7 Å². The lowest BCUT2D eigenvalue weighted by Crippen LogP contribution is -2.76. The average molecular weight is 367 g/mol. The van der Waals surface area contributed by atoms with E-state index in [-0.39, 0.29) is 31.1 Å². The minimum atomic E-state index is -1.38. The SMILES string of the molecule is CCOC1CC(NC(=O)CCc2cccc(OC)c2F)(C(=O)O)C1(C)C. The molecule has 2 unspecified atom stereocenters. The van der Waals surface area contributed by atoms with Crippen molar-refractivity contribution in [3.63, 3.8) is 0 Å². The lowest BCUT2D eigenvalue weighted by molar-refractivity contribution is -0.194. The van der Waals surface area contributed by atoms with Crippen LogP contribution in [0, 0.1) is 11.2 Å². The third kappa shape index (κ3) is 3.40. The van der Waals surface area contributed by atoms with Crippen molar-refractivity contribution in [1.29, 1.82) is 0 Å². The average Bonchev–Trinajstić information content (AvgIpc) is 2.59. The van der Waals surface area contributed by atoms with Crippen LogP contribution in [0.3, 0.4) is 0 Å². The number of hydrogen-bond donors (Lipinski definition) is 2. The zero-order valence-electron chi connectivity index (χ0n) is 15.6. The summed E-state index contributed by atoms with van der Waals surface area (Å²) in [6, 6.07) is 4.73. The molecule has 0 bridgehead atoms. The molecule has 7 heteroatoms. The van der Waals surface area contributed by atoms with E-state index in [1.54, 1.807) is 26.0 Å². The third-order valence-corrected chi connectivity index (χ3v) is 5.37. The van der Waals surface area contributed by atoms with E-state index in [2.05, 4.69) is 5.32 Å². The summed E-state index contributed by atoms with van der Waals surface area (Å²) in [5.74, 6) is -1.90. The second kappa shape index (κ2) is 7.61. The van der Waals surface area contributed by atoms with E-state index in [4.69, 9.17) is 9.47 Å². The fourth-order valence-corrected chi connectivity index (χ4v) is 3.49. The maximum absolute atomic E-state index is 14.2. The Morgan fingerprint density at radius 3 is 2.62 bits per heavy atom. The smallest absolute Gasteiger partial charge is 0.330 e. The number of carbonyl (C=O) groups is 2. The molecule has 1 amide bonds. The van der Waals surface area contributed by atoms with Crippen LogP contribution >= 0.6 is 0 Å². The second-order valence-electron chi connectivity index (χ2n) is 7.06. The van der Waals surface area contributed by atoms with Gasteiger partial charge in [0.25, 0.3) is 0 Å². The summed E-state index contributed by atoms with van der Waals surface area (Å²) < 4.78 is 24.7. The molecule has 0 radical (unpaired) electrons. The highest BCUT2D eigenvalue weighted by Gasteiger charge is 2.66. The standard InChI is InChI=1S/C19H26FNO5/c1-5-26-14-11-19(17(23)24,18(14,2)3)21-15(22)10-9-12-7-6-8-13(25-4)16(12)20/h6-8,14H,5,9-11H2,1-4H3,(H,21,22)(H,23,24). The molecule has 1 aliphatic rings. The molecule has 1 aliphatic carbocycles. The van der Waals surface area contributed by atoms with Crippen molar-refractivity contribution in [2.24, 2.45) is 5.41 Å². The molecule has 0 spiro atoms. The summed E-state index contributed by atoms with van der Waals surface area (Å²) in [6.07, 6.45) is 0.108. The number of hydrogen-bond acceptors (Lipinski definition) is 4. The van der Waals surface area contributed by atoms with Crippen molar-refractivity contribution < 1.29 is 28.6 Å². The van der Waals surface area contributed by atoms with Crippen LogP contribution in [-0.4, -0.2) is 42.3 Å². The summed E-state index contributed by atoms with van der Waals surface area (Å²) >= 11 is 0. The molecule has 0 aliphatic heterocycles. The predicted molar refractivity (Wildman–Crippen MR) is 93.6 cm³/mol. The number of amides is 1. The van der Waals surface area contributed by atoms with Gasteiger partial charge < -0.3 is 19.9 Å². The molecule has 0 aromatic heterocycles. The minimum absolute atomic E-state index is 0.0193. The Hall–Kier alpha value is -2.15. The molecule has 26 heavy (non-hydrogen) atoms. The highest BCUT2D eigenvalue weighted by Crippen LogP contribution is 2.51. The molecule has 1 fully saturated rings. The Kier molecular flexibility index (Phi) is 5.91. The second-order valence-corrected chi connectivity index (χ2v) is 7.06. The quantitative estimate of drug-likeness (QED) is 0.738. The Morgan fingerprint density at radius 2 is 2.08 bits per heavy atom. The fourth-order valence-electron chi connectivity index (χ4n) is 3.49. The number of benzene rings is 1. The highest BCUT2D eigenvalue weighted by atomic mass is 19.1. The van der Waals surface area contributed by atoms with Crippen molar-refractivity contribution >= 4 is 11.9 Å². The molecular formula is C19H26FNO5. The van der Waals surface area contributed by atoms with Gasteiger partial charge in [-0.25, -0.2) is 9.18 Å². The van der Waals surface area contributed by atoms with Crippen molar-refractivity contribution in [1.82, 2.24) is 5.32 Å². The number of carboxylic acid groups (broad SMARTS) is 1. The molecule has 6 nitrogen and oxygen atoms in total. The topological polar surface area (TPSA) is 84.9 Å². The van der Waals surface area contributed by atoms with Crippen LogP contribution in [0.2, 0.25) is 0 Å². The first-order valence-electron chi connectivity index (χ1n) is 8.67. The van der Waals surface area contributed by atoms with Crippen LogP contribution in [0.5, 0.6) is 5.75 Å². The van der Waals surface area contributed by atoms with Gasteiger partial charge in [-0.3, -0.25) is 4.79 Å². The lowest BCUT2D eigenvalue weighted by atomic mass is 9.54. The van der Waals surface area contributed by atoms with E-state index in [0.717, 1.165) is 0 Å². The zero-order chi connectivity index (χ0) is 19.5. The molecular weight excluding hydrogens is 341 g/mol. The Balaban J connectivity index is 2.05. The van der Waals surface area contributed by atoms with Gasteiger partial charge in [0.05, 0.1) is 13.2 Å². The van der Waals surface area contributed by atoms with E-state index >= 15 is 0 Å². The summed E-state index contributed by atoms with van der Waals surface area (Å²) in [6.45, 7) is 5.87. The van der Waals surface area contributed by atoms with Gasteiger partial charge in [-0.15, -0.1) is 0 Å². The van der Waals surface area contributed by atoms with Gasteiger partial charge in [0, 0.05) is 24.9 Å². The maximum atomic E-state index is 14.2. The van der Waals surface area contributed by atoms with E-state index in [1.165, 1.54) is 13.2 Å². The number of carboxylic acids is 1. The fraction of sp³-hybridized carbons (Fsp3) is 0.579. The number of ether oxygens (including phenoxy) is 2. The molecule has 2 rings (SSSR count). The van der Waals surface area contributed by atoms with E-state index < -0.39 is 28.6 Å². The minimum Gasteiger partial charge on any atom is -0.494 e. The number of aliphatic carboxylic acids is 1. The van der Waals surface area contributed by atoms with Crippen molar-refractivity contribution in [3.05, 3.63) is 29.6 Å². The molecule has 2 atom stereocenters. The lowest BCUT2D eigenvalue weighted by Gasteiger charge is -2.58. The van der Waals surface area contributed by atoms with Crippen molar-refractivity contribution in [2.75, 3.05) is 13.7 Å². The third-order valence-electron chi connectivity index (χ3n) is 5.37. The predicted octanol–water partition coefficient (Wildman–Crippen LogP) is 2.54. The number of methoxy groups -OCH3 is 1. The molecule has 1 aromatic rings. The Morgan fingerprint density at radius 1 is 1.38 bits per heavy atom. The van der Waals surface area contributed by atoms with Crippen LogP contribution in [0.4, 0.5) is 4.39 Å². The summed E-state index contributed by atoms with van der Waals surface area (Å²) in [7, 11) is 1.37. The van der Waals surface area contributed by atoms with Crippen molar-refractivity contribution in [2.45, 2.75) is 51.7 Å². The Bertz CT molecular complexity index is 691. The van der Waals surface area contributed by atoms with Gasteiger partial charge in [-0.05, 0) is 25.0 Å². The van der Waals surface area contributed by atoms with Gasteiger partial charge in [0.15, 0.2) is 11.6 Å². The summed E-state index contributed by atoms with van der Waals surface area (Å²) in [5.41, 5.74) is -1.77. The number of nitrogens with one attached hydrogen (secondary N) is 1. The van der Waals surface area contributed by atoms with Crippen LogP contribution < -0.4 is 10.1 Å². The van der Waals surface area contributed by atoms with Gasteiger partial charge >= 0.3 is 5.97 Å².